The largest absolute Gasteiger partial charge is 0.342 e. The van der Waals surface area contributed by atoms with Gasteiger partial charge in [0.15, 0.2) is 0 Å². The summed E-state index contributed by atoms with van der Waals surface area (Å²) in [5.74, 6) is 0.739. The van der Waals surface area contributed by atoms with Crippen molar-refractivity contribution in [2.75, 3.05) is 31.9 Å². The second-order valence-electron chi connectivity index (χ2n) is 9.10. The van der Waals surface area contributed by atoms with E-state index in [9.17, 15) is 13.2 Å². The van der Waals surface area contributed by atoms with Gasteiger partial charge in [0.25, 0.3) is 0 Å². The van der Waals surface area contributed by atoms with E-state index in [2.05, 4.69) is 18.8 Å². The molecule has 0 unspecified atom stereocenters. The number of hydrogen-bond donors (Lipinski definition) is 0. The zero-order chi connectivity index (χ0) is 20.1. The first-order valence-electron chi connectivity index (χ1n) is 10.6. The molecule has 2 saturated heterocycles. The van der Waals surface area contributed by atoms with Crippen molar-refractivity contribution in [3.63, 3.8) is 0 Å². The Kier molecular flexibility index (Phi) is 5.06. The van der Waals surface area contributed by atoms with Crippen molar-refractivity contribution in [1.82, 2.24) is 18.8 Å². The number of imidazole rings is 1. The number of aromatic nitrogens is 2. The van der Waals surface area contributed by atoms with Gasteiger partial charge < -0.3 is 9.47 Å². The molecular weight excluding hydrogens is 376 g/mol. The molecule has 4 rings (SSSR count). The topological polar surface area (TPSA) is 75.5 Å². The molecule has 3 fully saturated rings. The zero-order valence-corrected chi connectivity index (χ0v) is 18.0. The van der Waals surface area contributed by atoms with Crippen LogP contribution in [0.2, 0.25) is 0 Å². The SMILES string of the molecule is CCCS(=O)(=O)N1C[C@@H](c2cn(C(C)C)cn2)[C@@]2(CCN(CC3CC3)C2=O)C1. The summed E-state index contributed by atoms with van der Waals surface area (Å²) in [6, 6.07) is 0.282. The van der Waals surface area contributed by atoms with Crippen LogP contribution in [0.25, 0.3) is 0 Å². The zero-order valence-electron chi connectivity index (χ0n) is 17.2. The third kappa shape index (κ3) is 3.38. The monoisotopic (exact) mass is 408 g/mol. The molecule has 2 aliphatic heterocycles. The molecule has 0 radical (unpaired) electrons. The first-order chi connectivity index (χ1) is 13.3. The molecule has 1 aliphatic carbocycles. The van der Waals surface area contributed by atoms with Gasteiger partial charge in [-0.05, 0) is 45.4 Å². The highest BCUT2D eigenvalue weighted by molar-refractivity contribution is 7.89. The first kappa shape index (κ1) is 19.9. The summed E-state index contributed by atoms with van der Waals surface area (Å²) in [4.78, 5) is 20.1. The van der Waals surface area contributed by atoms with Crippen molar-refractivity contribution >= 4 is 15.9 Å². The van der Waals surface area contributed by atoms with Crippen LogP contribution >= 0.6 is 0 Å². The number of sulfonamides is 1. The molecule has 7 nitrogen and oxygen atoms in total. The lowest BCUT2D eigenvalue weighted by Gasteiger charge is -2.28. The van der Waals surface area contributed by atoms with Crippen LogP contribution in [0.4, 0.5) is 0 Å². The van der Waals surface area contributed by atoms with Crippen LogP contribution in [0.1, 0.15) is 64.1 Å². The lowest BCUT2D eigenvalue weighted by Crippen LogP contribution is -2.41. The van der Waals surface area contributed by atoms with Crippen LogP contribution in [-0.4, -0.2) is 65.0 Å². The van der Waals surface area contributed by atoms with E-state index in [1.165, 1.54) is 12.8 Å². The maximum atomic E-state index is 13.5. The fraction of sp³-hybridized carbons (Fsp3) is 0.800. The van der Waals surface area contributed by atoms with Crippen LogP contribution in [0.15, 0.2) is 12.5 Å². The highest BCUT2D eigenvalue weighted by Gasteiger charge is 2.59. The van der Waals surface area contributed by atoms with Crippen LogP contribution < -0.4 is 0 Å². The van der Waals surface area contributed by atoms with E-state index in [0.717, 1.165) is 25.2 Å². The quantitative estimate of drug-likeness (QED) is 0.693. The Balaban J connectivity index is 1.67. The van der Waals surface area contributed by atoms with E-state index < -0.39 is 15.4 Å². The third-order valence-electron chi connectivity index (χ3n) is 6.66. The van der Waals surface area contributed by atoms with Gasteiger partial charge in [-0.15, -0.1) is 0 Å². The summed E-state index contributed by atoms with van der Waals surface area (Å²) in [6.45, 7) is 8.28. The van der Waals surface area contributed by atoms with E-state index in [-0.39, 0.29) is 23.6 Å². The molecule has 0 bridgehead atoms. The molecule has 1 aromatic rings. The first-order valence-corrected chi connectivity index (χ1v) is 12.2. The maximum Gasteiger partial charge on any atom is 0.230 e. The number of hydrogen-bond acceptors (Lipinski definition) is 4. The molecule has 0 aromatic carbocycles. The lowest BCUT2D eigenvalue weighted by atomic mass is 9.75. The molecule has 2 atom stereocenters. The van der Waals surface area contributed by atoms with Crippen molar-refractivity contribution in [1.29, 1.82) is 0 Å². The average Bonchev–Trinajstić information content (AvgIpc) is 3.05. The predicted molar refractivity (Wildman–Crippen MR) is 107 cm³/mol. The summed E-state index contributed by atoms with van der Waals surface area (Å²) in [7, 11) is -3.35. The second-order valence-corrected chi connectivity index (χ2v) is 11.2. The Morgan fingerprint density at radius 1 is 1.32 bits per heavy atom. The Morgan fingerprint density at radius 2 is 2.07 bits per heavy atom. The number of carbonyl (C=O) groups is 1. The lowest BCUT2D eigenvalue weighted by molar-refractivity contribution is -0.136. The van der Waals surface area contributed by atoms with Crippen LogP contribution in [0.3, 0.4) is 0 Å². The average molecular weight is 409 g/mol. The highest BCUT2D eigenvalue weighted by Crippen LogP contribution is 2.51. The van der Waals surface area contributed by atoms with Gasteiger partial charge in [0.1, 0.15) is 0 Å². The molecule has 0 N–H and O–H groups in total. The van der Waals surface area contributed by atoms with Gasteiger partial charge in [-0.3, -0.25) is 4.79 Å². The molecule has 1 amide bonds. The molecule has 3 heterocycles. The summed E-state index contributed by atoms with van der Waals surface area (Å²) >= 11 is 0. The standard InChI is InChI=1S/C20H32N4O3S/c1-4-9-28(26,27)24-11-17(18-12-23(14-21-18)15(2)3)20(13-24)7-8-22(19(20)25)10-16-5-6-16/h12,14-17H,4-11,13H2,1-3H3/t17-,20+/m0/s1. The molecular formula is C20H32N4O3S. The van der Waals surface area contributed by atoms with Crippen LogP contribution in [0.5, 0.6) is 0 Å². The van der Waals surface area contributed by atoms with E-state index >= 15 is 0 Å². The summed E-state index contributed by atoms with van der Waals surface area (Å²) in [6.07, 6.45) is 7.52. The van der Waals surface area contributed by atoms with Crippen molar-refractivity contribution in [3.05, 3.63) is 18.2 Å². The molecule has 28 heavy (non-hydrogen) atoms. The number of likely N-dealkylation sites (tertiary alicyclic amines) is 1. The number of amides is 1. The van der Waals surface area contributed by atoms with Gasteiger partial charge in [0, 0.05) is 44.3 Å². The highest BCUT2D eigenvalue weighted by atomic mass is 32.2. The van der Waals surface area contributed by atoms with Gasteiger partial charge in [-0.2, -0.15) is 0 Å². The molecule has 1 spiro atoms. The molecule has 1 saturated carbocycles. The Labute approximate surface area is 168 Å². The fourth-order valence-electron chi connectivity index (χ4n) is 4.77. The second kappa shape index (κ2) is 7.13. The van der Waals surface area contributed by atoms with Gasteiger partial charge >= 0.3 is 0 Å². The fourth-order valence-corrected chi connectivity index (χ4v) is 6.35. The van der Waals surface area contributed by atoms with Crippen molar-refractivity contribution < 1.29 is 13.2 Å². The van der Waals surface area contributed by atoms with Crippen molar-refractivity contribution in [2.45, 2.75) is 58.4 Å². The van der Waals surface area contributed by atoms with Gasteiger partial charge in [0.05, 0.1) is 23.2 Å². The van der Waals surface area contributed by atoms with Gasteiger partial charge in [-0.1, -0.05) is 6.92 Å². The minimum atomic E-state index is -3.35. The molecule has 8 heteroatoms. The predicted octanol–water partition coefficient (Wildman–Crippen LogP) is 2.23. The van der Waals surface area contributed by atoms with E-state index in [1.807, 2.05) is 22.6 Å². The third-order valence-corrected chi connectivity index (χ3v) is 8.65. The van der Waals surface area contributed by atoms with Crippen LogP contribution in [0, 0.1) is 11.3 Å². The minimum Gasteiger partial charge on any atom is -0.342 e. The van der Waals surface area contributed by atoms with Crippen molar-refractivity contribution in [2.24, 2.45) is 11.3 Å². The van der Waals surface area contributed by atoms with E-state index in [4.69, 9.17) is 0 Å². The van der Waals surface area contributed by atoms with Crippen LogP contribution in [-0.2, 0) is 14.8 Å². The normalized spacial score (nSPS) is 28.9. The number of rotatable bonds is 7. The summed E-state index contributed by atoms with van der Waals surface area (Å²) in [5.41, 5.74) is 0.191. The Hall–Kier alpha value is -1.41. The summed E-state index contributed by atoms with van der Waals surface area (Å²) in [5, 5.41) is 0. The Bertz CT molecular complexity index is 845. The van der Waals surface area contributed by atoms with Crippen molar-refractivity contribution in [3.8, 4) is 0 Å². The maximum absolute atomic E-state index is 13.5. The molecule has 3 aliphatic rings. The van der Waals surface area contributed by atoms with Gasteiger partial charge in [-0.25, -0.2) is 17.7 Å². The molecule has 156 valence electrons. The number of nitrogens with zero attached hydrogens (tertiary/aromatic N) is 4. The Morgan fingerprint density at radius 3 is 2.68 bits per heavy atom. The number of carbonyl (C=O) groups excluding carboxylic acids is 1. The minimum absolute atomic E-state index is 0.135. The van der Waals surface area contributed by atoms with E-state index in [1.54, 1.807) is 10.6 Å². The van der Waals surface area contributed by atoms with E-state index in [0.29, 0.717) is 25.4 Å². The molecule has 1 aromatic heterocycles. The van der Waals surface area contributed by atoms with Gasteiger partial charge in [0.2, 0.25) is 15.9 Å². The summed E-state index contributed by atoms with van der Waals surface area (Å²) < 4.78 is 29.2. The smallest absolute Gasteiger partial charge is 0.230 e.